The van der Waals surface area contributed by atoms with E-state index in [4.69, 9.17) is 0 Å². The number of benzene rings is 2. The van der Waals surface area contributed by atoms with Crippen LogP contribution in [0.2, 0.25) is 0 Å². The smallest absolute Gasteiger partial charge is 0.335 e. The Morgan fingerprint density at radius 1 is 1.07 bits per heavy atom. The fraction of sp³-hybridized carbons (Fsp3) is 0.182. The summed E-state index contributed by atoms with van der Waals surface area (Å²) in [5.41, 5.74) is 1.63. The summed E-state index contributed by atoms with van der Waals surface area (Å²) in [6, 6.07) is 11.7. The van der Waals surface area contributed by atoms with Crippen LogP contribution in [0.4, 0.5) is 10.5 Å². The van der Waals surface area contributed by atoms with Crippen LogP contribution in [0.5, 0.6) is 0 Å². The Morgan fingerprint density at radius 3 is 2.24 bits per heavy atom. The second-order valence-corrected chi connectivity index (χ2v) is 6.77. The summed E-state index contributed by atoms with van der Waals surface area (Å²) < 4.78 is 0. The number of carbonyl (C=O) groups is 4. The standard InChI is InChI=1S/C22H20N2O5/c1-3-13(2)15-8-10-17(11-9-15)24-20(26)18(19(25)23-22(24)29)12-14-4-6-16(7-5-14)21(27)28/h4-13H,3H2,1-2H3,(H,27,28)(H,23,25,29)/p-1/b18-12-/t13-/m1/s1. The van der Waals surface area contributed by atoms with Gasteiger partial charge in [0.15, 0.2) is 0 Å². The molecule has 29 heavy (non-hydrogen) atoms. The second-order valence-electron chi connectivity index (χ2n) is 6.77. The van der Waals surface area contributed by atoms with Gasteiger partial charge in [0, 0.05) is 0 Å². The first-order valence-corrected chi connectivity index (χ1v) is 9.14. The van der Waals surface area contributed by atoms with E-state index < -0.39 is 23.8 Å². The van der Waals surface area contributed by atoms with E-state index in [1.165, 1.54) is 30.3 Å². The van der Waals surface area contributed by atoms with Crippen molar-refractivity contribution in [2.45, 2.75) is 26.2 Å². The number of aromatic carboxylic acids is 1. The Hall–Kier alpha value is -3.74. The molecule has 4 amide bonds. The molecule has 0 aliphatic carbocycles. The van der Waals surface area contributed by atoms with Gasteiger partial charge in [-0.2, -0.15) is 0 Å². The van der Waals surface area contributed by atoms with Crippen LogP contribution >= 0.6 is 0 Å². The van der Waals surface area contributed by atoms with Crippen LogP contribution < -0.4 is 15.3 Å². The number of carbonyl (C=O) groups excluding carboxylic acids is 4. The third kappa shape index (κ3) is 4.08. The molecule has 0 saturated carbocycles. The normalized spacial score (nSPS) is 16.7. The molecular formula is C22H19N2O5-. The van der Waals surface area contributed by atoms with Crippen molar-refractivity contribution in [3.05, 3.63) is 70.8 Å². The Labute approximate surface area is 167 Å². The molecule has 2 aromatic rings. The number of nitrogens with one attached hydrogen (secondary N) is 1. The van der Waals surface area contributed by atoms with Crippen LogP contribution in [0.1, 0.15) is 47.7 Å². The minimum Gasteiger partial charge on any atom is -0.545 e. The summed E-state index contributed by atoms with van der Waals surface area (Å²) in [5.74, 6) is -2.54. The fourth-order valence-electron chi connectivity index (χ4n) is 2.96. The lowest BCUT2D eigenvalue weighted by Gasteiger charge is -2.26. The molecule has 0 spiro atoms. The van der Waals surface area contributed by atoms with Crippen molar-refractivity contribution in [2.75, 3.05) is 4.90 Å². The number of nitrogens with zero attached hydrogens (tertiary/aromatic N) is 1. The molecule has 1 heterocycles. The lowest BCUT2D eigenvalue weighted by atomic mass is 9.98. The minimum atomic E-state index is -1.33. The molecule has 0 unspecified atom stereocenters. The highest BCUT2D eigenvalue weighted by Crippen LogP contribution is 2.25. The van der Waals surface area contributed by atoms with Crippen LogP contribution in [0.25, 0.3) is 6.08 Å². The molecule has 0 aromatic heterocycles. The van der Waals surface area contributed by atoms with E-state index in [9.17, 15) is 24.3 Å². The highest BCUT2D eigenvalue weighted by atomic mass is 16.4. The van der Waals surface area contributed by atoms with Crippen molar-refractivity contribution in [3.63, 3.8) is 0 Å². The van der Waals surface area contributed by atoms with Crippen LogP contribution in [0, 0.1) is 0 Å². The third-order valence-corrected chi connectivity index (χ3v) is 4.89. The Kier molecular flexibility index (Phi) is 5.59. The van der Waals surface area contributed by atoms with Crippen molar-refractivity contribution >= 4 is 35.6 Å². The van der Waals surface area contributed by atoms with Crippen LogP contribution in [0.15, 0.2) is 54.1 Å². The molecule has 1 aliphatic rings. The first-order chi connectivity index (χ1) is 13.8. The molecule has 1 saturated heterocycles. The number of amides is 4. The van der Waals surface area contributed by atoms with E-state index in [2.05, 4.69) is 19.2 Å². The number of imide groups is 2. The lowest BCUT2D eigenvalue weighted by Crippen LogP contribution is -2.54. The Balaban J connectivity index is 1.92. The topological polar surface area (TPSA) is 107 Å². The first-order valence-electron chi connectivity index (χ1n) is 9.14. The fourth-order valence-corrected chi connectivity index (χ4v) is 2.96. The quantitative estimate of drug-likeness (QED) is 0.621. The maximum absolute atomic E-state index is 12.9. The summed E-state index contributed by atoms with van der Waals surface area (Å²) >= 11 is 0. The maximum atomic E-state index is 12.9. The highest BCUT2D eigenvalue weighted by molar-refractivity contribution is 6.39. The van der Waals surface area contributed by atoms with Gasteiger partial charge >= 0.3 is 6.03 Å². The van der Waals surface area contributed by atoms with E-state index >= 15 is 0 Å². The molecule has 1 fully saturated rings. The molecule has 1 atom stereocenters. The van der Waals surface area contributed by atoms with Gasteiger partial charge in [0.25, 0.3) is 11.8 Å². The number of hydrogen-bond donors (Lipinski definition) is 1. The van der Waals surface area contributed by atoms with Gasteiger partial charge < -0.3 is 9.90 Å². The van der Waals surface area contributed by atoms with Crippen LogP contribution in [-0.2, 0) is 9.59 Å². The monoisotopic (exact) mass is 391 g/mol. The zero-order valence-electron chi connectivity index (χ0n) is 16.0. The average Bonchev–Trinajstić information content (AvgIpc) is 2.71. The number of urea groups is 1. The van der Waals surface area contributed by atoms with Gasteiger partial charge in [0.1, 0.15) is 5.57 Å². The van der Waals surface area contributed by atoms with Gasteiger partial charge in [-0.05, 0) is 47.2 Å². The van der Waals surface area contributed by atoms with Crippen molar-refractivity contribution in [1.82, 2.24) is 5.32 Å². The molecular weight excluding hydrogens is 372 g/mol. The Bertz CT molecular complexity index is 1010. The van der Waals surface area contributed by atoms with Gasteiger partial charge in [-0.25, -0.2) is 9.69 Å². The number of barbiturate groups is 1. The molecule has 0 bridgehead atoms. The zero-order chi connectivity index (χ0) is 21.1. The molecule has 2 aromatic carbocycles. The van der Waals surface area contributed by atoms with E-state index in [1.807, 2.05) is 12.1 Å². The number of rotatable bonds is 5. The average molecular weight is 391 g/mol. The molecule has 3 rings (SSSR count). The molecule has 1 aliphatic heterocycles. The molecule has 1 N–H and O–H groups in total. The summed E-state index contributed by atoms with van der Waals surface area (Å²) in [5, 5.41) is 13.0. The number of carboxylic acid groups (broad SMARTS) is 1. The molecule has 148 valence electrons. The van der Waals surface area contributed by atoms with Gasteiger partial charge in [-0.1, -0.05) is 50.2 Å². The lowest BCUT2D eigenvalue weighted by molar-refractivity contribution is -0.255. The predicted octanol–water partition coefficient (Wildman–Crippen LogP) is 2.23. The van der Waals surface area contributed by atoms with Crippen LogP contribution in [0.3, 0.4) is 0 Å². The van der Waals surface area contributed by atoms with Crippen molar-refractivity contribution in [1.29, 1.82) is 0 Å². The van der Waals surface area contributed by atoms with E-state index in [0.29, 0.717) is 17.2 Å². The maximum Gasteiger partial charge on any atom is 0.335 e. The van der Waals surface area contributed by atoms with E-state index in [-0.39, 0.29) is 11.1 Å². The van der Waals surface area contributed by atoms with Gasteiger partial charge in [-0.3, -0.25) is 14.9 Å². The molecule has 7 nitrogen and oxygen atoms in total. The van der Waals surface area contributed by atoms with E-state index in [1.54, 1.807) is 12.1 Å². The van der Waals surface area contributed by atoms with Gasteiger partial charge in [0.2, 0.25) is 0 Å². The molecule has 7 heteroatoms. The molecule has 0 radical (unpaired) electrons. The summed E-state index contributed by atoms with van der Waals surface area (Å²) in [4.78, 5) is 49.1. The largest absolute Gasteiger partial charge is 0.545 e. The number of carboxylic acids is 1. The van der Waals surface area contributed by atoms with Gasteiger partial charge in [-0.15, -0.1) is 0 Å². The summed E-state index contributed by atoms with van der Waals surface area (Å²) in [7, 11) is 0. The van der Waals surface area contributed by atoms with Crippen molar-refractivity contribution in [2.24, 2.45) is 0 Å². The second kappa shape index (κ2) is 8.10. The third-order valence-electron chi connectivity index (χ3n) is 4.89. The van der Waals surface area contributed by atoms with E-state index in [0.717, 1.165) is 16.9 Å². The number of anilines is 1. The van der Waals surface area contributed by atoms with Gasteiger partial charge in [0.05, 0.1) is 11.7 Å². The first kappa shape index (κ1) is 20.0. The van der Waals surface area contributed by atoms with Crippen molar-refractivity contribution in [3.8, 4) is 0 Å². The Morgan fingerprint density at radius 2 is 1.69 bits per heavy atom. The van der Waals surface area contributed by atoms with Crippen LogP contribution in [-0.4, -0.2) is 23.8 Å². The van der Waals surface area contributed by atoms with Crippen molar-refractivity contribution < 1.29 is 24.3 Å². The minimum absolute atomic E-state index is 0.0234. The number of hydrogen-bond acceptors (Lipinski definition) is 5. The highest BCUT2D eigenvalue weighted by Gasteiger charge is 2.36. The zero-order valence-corrected chi connectivity index (χ0v) is 16.0. The summed E-state index contributed by atoms with van der Waals surface area (Å²) in [6.45, 7) is 4.15. The summed E-state index contributed by atoms with van der Waals surface area (Å²) in [6.07, 6.45) is 2.27. The predicted molar refractivity (Wildman–Crippen MR) is 105 cm³/mol. The SMILES string of the molecule is CC[C@@H](C)c1ccc(N2C(=O)NC(=O)/C(=C/c3ccc(C(=O)[O-])cc3)C2=O)cc1.